The second kappa shape index (κ2) is 19.6. The molecule has 0 bridgehead atoms. The van der Waals surface area contributed by atoms with E-state index in [1.807, 2.05) is 0 Å². The molecule has 46 heavy (non-hydrogen) atoms. The predicted octanol–water partition coefficient (Wildman–Crippen LogP) is -3.08. The molecule has 254 valence electrons. The molecule has 5 amide bonds. The lowest BCUT2D eigenvalue weighted by atomic mass is 10.0. The van der Waals surface area contributed by atoms with Crippen molar-refractivity contribution < 1.29 is 39.0 Å². The topological polar surface area (TPSA) is 279 Å². The fourth-order valence-electron chi connectivity index (χ4n) is 4.71. The second-order valence-corrected chi connectivity index (χ2v) is 10.9. The number of nitrogens with two attached hydrogens (primary N) is 2. The number of carbonyl (C=O) groups excluding carboxylic acids is 5. The summed E-state index contributed by atoms with van der Waals surface area (Å²) in [6.07, 6.45) is -0.707. The number of aliphatic hydroxyl groups excluding tert-OH is 1. The summed E-state index contributed by atoms with van der Waals surface area (Å²) in [4.78, 5) is 79.4. The number of carboxylic acid groups (broad SMARTS) is 1. The molecule has 12 N–H and O–H groups in total. The van der Waals surface area contributed by atoms with Crippen molar-refractivity contribution in [3.8, 4) is 0 Å². The summed E-state index contributed by atoms with van der Waals surface area (Å²) < 4.78 is 0. The third-order valence-electron chi connectivity index (χ3n) is 7.02. The number of hydrogen-bond donors (Lipinski definition) is 10. The lowest BCUT2D eigenvalue weighted by molar-refractivity contribution is -0.141. The van der Waals surface area contributed by atoms with Crippen LogP contribution in [-0.4, -0.2) is 102 Å². The average Bonchev–Trinajstić information content (AvgIpc) is 2.99. The van der Waals surface area contributed by atoms with Crippen LogP contribution >= 0.6 is 0 Å². The van der Waals surface area contributed by atoms with Crippen molar-refractivity contribution in [3.05, 3.63) is 35.9 Å². The number of carbonyl (C=O) groups is 6. The molecule has 1 aromatic rings. The molecular weight excluding hydrogens is 602 g/mol. The maximum absolute atomic E-state index is 13.6. The van der Waals surface area contributed by atoms with E-state index in [9.17, 15) is 39.0 Å². The van der Waals surface area contributed by atoms with Crippen LogP contribution in [0.3, 0.4) is 0 Å². The van der Waals surface area contributed by atoms with Crippen LogP contribution in [0.1, 0.15) is 51.0 Å². The largest absolute Gasteiger partial charge is 0.481 e. The molecule has 17 nitrogen and oxygen atoms in total. The molecule has 0 aromatic heterocycles. The maximum atomic E-state index is 13.6. The first-order chi connectivity index (χ1) is 21.8. The summed E-state index contributed by atoms with van der Waals surface area (Å²) in [5.74, 6) is -4.78. The number of benzene rings is 1. The van der Waals surface area contributed by atoms with Crippen LogP contribution in [0, 0.1) is 0 Å². The van der Waals surface area contributed by atoms with Gasteiger partial charge in [-0.05, 0) is 44.1 Å². The quantitative estimate of drug-likeness (QED) is 0.0582. The molecule has 0 radical (unpaired) electrons. The fourth-order valence-corrected chi connectivity index (χ4v) is 4.71. The van der Waals surface area contributed by atoms with E-state index < -0.39 is 73.0 Å². The van der Waals surface area contributed by atoms with Crippen molar-refractivity contribution >= 4 is 41.5 Å². The molecule has 1 heterocycles. The van der Waals surface area contributed by atoms with E-state index in [1.54, 1.807) is 30.3 Å². The first-order valence-electron chi connectivity index (χ1n) is 15.0. The fraction of sp³-hybridized carbons (Fsp3) is 0.552. The lowest BCUT2D eigenvalue weighted by Gasteiger charge is -2.30. The van der Waals surface area contributed by atoms with E-state index in [-0.39, 0.29) is 44.1 Å². The second-order valence-electron chi connectivity index (χ2n) is 10.9. The Hall–Kier alpha value is -4.77. The number of amides is 5. The molecule has 2 rings (SSSR count). The van der Waals surface area contributed by atoms with Gasteiger partial charge in [-0.2, -0.15) is 0 Å². The molecular formula is C29H45N9O8. The molecule has 1 fully saturated rings. The van der Waals surface area contributed by atoms with Gasteiger partial charge >= 0.3 is 5.97 Å². The first kappa shape index (κ1) is 37.4. The van der Waals surface area contributed by atoms with E-state index >= 15 is 0 Å². The Morgan fingerprint density at radius 2 is 1.59 bits per heavy atom. The minimum atomic E-state index is -1.53. The zero-order chi connectivity index (χ0) is 34.1. The number of unbranched alkanes of at least 4 members (excludes halogenated alkanes) is 1. The monoisotopic (exact) mass is 647 g/mol. The maximum Gasteiger partial charge on any atom is 0.305 e. The Kier molecular flexibility index (Phi) is 15.9. The molecule has 1 aliphatic heterocycles. The molecule has 17 heteroatoms. The number of guanidine groups is 1. The molecule has 5 atom stereocenters. The van der Waals surface area contributed by atoms with Gasteiger partial charge in [0.15, 0.2) is 5.96 Å². The summed E-state index contributed by atoms with van der Waals surface area (Å²) in [6.45, 7) is 1.30. The van der Waals surface area contributed by atoms with Gasteiger partial charge in [0.05, 0.1) is 25.0 Å². The summed E-state index contributed by atoms with van der Waals surface area (Å²) in [7, 11) is 0. The third-order valence-corrected chi connectivity index (χ3v) is 7.02. The molecule has 0 spiro atoms. The number of nitrogens with zero attached hydrogens (tertiary/aromatic N) is 1. The van der Waals surface area contributed by atoms with Gasteiger partial charge in [0.25, 0.3) is 0 Å². The Bertz CT molecular complexity index is 1230. The van der Waals surface area contributed by atoms with Crippen molar-refractivity contribution in [3.63, 3.8) is 0 Å². The van der Waals surface area contributed by atoms with Crippen LogP contribution in [0.5, 0.6) is 0 Å². The van der Waals surface area contributed by atoms with E-state index in [0.717, 1.165) is 5.56 Å². The minimum Gasteiger partial charge on any atom is -0.481 e. The van der Waals surface area contributed by atoms with E-state index in [0.29, 0.717) is 19.4 Å². The highest BCUT2D eigenvalue weighted by Crippen LogP contribution is 2.11. The van der Waals surface area contributed by atoms with Crippen molar-refractivity contribution in [1.82, 2.24) is 31.9 Å². The van der Waals surface area contributed by atoms with Crippen LogP contribution in [0.4, 0.5) is 0 Å². The van der Waals surface area contributed by atoms with Crippen LogP contribution < -0.4 is 43.4 Å². The predicted molar refractivity (Wildman–Crippen MR) is 167 cm³/mol. The highest BCUT2D eigenvalue weighted by atomic mass is 16.4. The Morgan fingerprint density at radius 3 is 2.24 bits per heavy atom. The summed E-state index contributed by atoms with van der Waals surface area (Å²) in [5.41, 5.74) is 11.5. The van der Waals surface area contributed by atoms with Gasteiger partial charge < -0.3 is 48.3 Å². The zero-order valence-corrected chi connectivity index (χ0v) is 25.8. The van der Waals surface area contributed by atoms with Crippen molar-refractivity contribution in [1.29, 1.82) is 0 Å². The lowest BCUT2D eigenvalue weighted by Crippen LogP contribution is -2.60. The first-order valence-corrected chi connectivity index (χ1v) is 15.0. The number of carboxylic acids is 1. The third kappa shape index (κ3) is 14.3. The highest BCUT2D eigenvalue weighted by molar-refractivity contribution is 5.94. The van der Waals surface area contributed by atoms with Crippen molar-refractivity contribution in [2.24, 2.45) is 16.5 Å². The highest BCUT2D eigenvalue weighted by Gasteiger charge is 2.33. The number of aliphatic hydroxyl groups is 1. The van der Waals surface area contributed by atoms with Crippen LogP contribution in [0.15, 0.2) is 35.3 Å². The van der Waals surface area contributed by atoms with E-state index in [2.05, 4.69) is 36.9 Å². The molecule has 1 aromatic carbocycles. The number of nitrogens with one attached hydrogen (secondary N) is 6. The number of hydrogen-bond acceptors (Lipinski definition) is 9. The Morgan fingerprint density at radius 1 is 0.913 bits per heavy atom. The summed E-state index contributed by atoms with van der Waals surface area (Å²) in [5, 5.41) is 36.3. The van der Waals surface area contributed by atoms with Crippen LogP contribution in [-0.2, 0) is 35.2 Å². The Balaban J connectivity index is 2.43. The molecule has 0 saturated carbocycles. The van der Waals surface area contributed by atoms with Gasteiger partial charge in [-0.1, -0.05) is 30.3 Å². The van der Waals surface area contributed by atoms with Gasteiger partial charge in [-0.25, -0.2) is 0 Å². The Labute approximate surface area is 266 Å². The molecule has 1 saturated heterocycles. The molecule has 0 aliphatic carbocycles. The summed E-state index contributed by atoms with van der Waals surface area (Å²) >= 11 is 0. The van der Waals surface area contributed by atoms with E-state index in [4.69, 9.17) is 11.5 Å². The van der Waals surface area contributed by atoms with Crippen LogP contribution in [0.25, 0.3) is 0 Å². The standard InChI is InChI=1S/C29H45N9O8/c1-17(39)32-12-6-5-10-20-26(44)36-19(11-7-13-33-29(30)31)25(43)34-16-23(40)35-22(15-24(41)42)28(46)38-21(27(45)37-20)14-18-8-3-2-4-9-18/h2-4,8-9,19-22,27,37,45H,5-7,10-16H2,1H3,(H,32,39)(H,34,43)(H,35,40)(H,36,44)(H,38,46)(H,41,42)(H4,30,31,33)/t19-,20-,21+,22-,27?/m0/s1. The van der Waals surface area contributed by atoms with Crippen molar-refractivity contribution in [2.45, 2.75) is 82.3 Å². The van der Waals surface area contributed by atoms with Gasteiger partial charge in [0.2, 0.25) is 29.5 Å². The SMILES string of the molecule is CC(=O)NCCCC[C@@H]1NC(O)[C@@H](Cc2ccccc2)NC(=O)[C@H](CC(=O)O)NC(=O)CNC(=O)[C@H](CCCN=C(N)N)NC1=O. The van der Waals surface area contributed by atoms with E-state index in [1.165, 1.54) is 6.92 Å². The molecule has 1 aliphatic rings. The minimum absolute atomic E-state index is 0.0822. The number of aliphatic carboxylic acids is 1. The van der Waals surface area contributed by atoms with Gasteiger partial charge in [-0.15, -0.1) is 0 Å². The van der Waals surface area contributed by atoms with Crippen molar-refractivity contribution in [2.75, 3.05) is 19.6 Å². The summed E-state index contributed by atoms with van der Waals surface area (Å²) in [6, 6.07) is 4.05. The van der Waals surface area contributed by atoms with Crippen LogP contribution in [0.2, 0.25) is 0 Å². The van der Waals surface area contributed by atoms with Gasteiger partial charge in [-0.3, -0.25) is 39.1 Å². The normalized spacial score (nSPS) is 23.0. The average molecular weight is 648 g/mol. The van der Waals surface area contributed by atoms with Gasteiger partial charge in [0.1, 0.15) is 18.3 Å². The molecule has 1 unspecified atom stereocenters. The zero-order valence-electron chi connectivity index (χ0n) is 25.8. The van der Waals surface area contributed by atoms with Gasteiger partial charge in [0, 0.05) is 20.0 Å². The smallest absolute Gasteiger partial charge is 0.305 e. The number of rotatable bonds is 13. The number of aliphatic imine (C=N–C) groups is 1.